The first kappa shape index (κ1) is 25.6. The van der Waals surface area contributed by atoms with Gasteiger partial charge < -0.3 is 10.6 Å². The van der Waals surface area contributed by atoms with Crippen LogP contribution >= 0.6 is 11.3 Å². The summed E-state index contributed by atoms with van der Waals surface area (Å²) in [5.41, 5.74) is 3.71. The molecule has 0 aliphatic heterocycles. The van der Waals surface area contributed by atoms with Gasteiger partial charge in [-0.1, -0.05) is 24.3 Å². The summed E-state index contributed by atoms with van der Waals surface area (Å²) in [6, 6.07) is 13.0. The van der Waals surface area contributed by atoms with Crippen molar-refractivity contribution in [1.29, 1.82) is 0 Å². The number of halogens is 3. The minimum atomic E-state index is -4.40. The third kappa shape index (κ3) is 5.15. The van der Waals surface area contributed by atoms with E-state index in [9.17, 15) is 22.8 Å². The summed E-state index contributed by atoms with van der Waals surface area (Å²) in [4.78, 5) is 37.2. The average molecular weight is 564 g/mol. The number of aromatic nitrogens is 5. The van der Waals surface area contributed by atoms with E-state index in [0.29, 0.717) is 32.8 Å². The second-order valence-corrected chi connectivity index (χ2v) is 10.3. The molecule has 0 radical (unpaired) electrons. The highest BCUT2D eigenvalue weighted by molar-refractivity contribution is 7.19. The molecule has 2 aromatic carbocycles. The molecule has 1 atom stereocenters. The number of thiophene rings is 1. The van der Waals surface area contributed by atoms with Crippen LogP contribution in [0.2, 0.25) is 0 Å². The molecule has 6 rings (SSSR count). The fourth-order valence-electron chi connectivity index (χ4n) is 4.70. The number of carbonyl (C=O) groups excluding carboxylic acids is 2. The van der Waals surface area contributed by atoms with Gasteiger partial charge in [0.15, 0.2) is 5.82 Å². The van der Waals surface area contributed by atoms with Crippen LogP contribution in [0.25, 0.3) is 21.5 Å². The molecule has 0 spiro atoms. The SMILES string of the molecule is O=C(NCc1ccc2cc(C(F)(F)F)sc2c1)c1cc(C(=O)N[C@H]2CCc3cc(-c4ncn[nH]4)ccc32)ncn1. The Kier molecular flexibility index (Phi) is 6.50. The Morgan fingerprint density at radius 3 is 2.58 bits per heavy atom. The topological polar surface area (TPSA) is 126 Å². The summed E-state index contributed by atoms with van der Waals surface area (Å²) in [6.07, 6.45) is -0.306. The van der Waals surface area contributed by atoms with Crippen molar-refractivity contribution in [2.24, 2.45) is 0 Å². The van der Waals surface area contributed by atoms with Gasteiger partial charge in [0.1, 0.15) is 28.9 Å². The number of alkyl halides is 3. The molecule has 1 aliphatic rings. The van der Waals surface area contributed by atoms with Gasteiger partial charge >= 0.3 is 6.18 Å². The Morgan fingerprint density at radius 2 is 1.80 bits per heavy atom. The summed E-state index contributed by atoms with van der Waals surface area (Å²) in [5.74, 6) is -0.299. The Morgan fingerprint density at radius 1 is 0.975 bits per heavy atom. The van der Waals surface area contributed by atoms with E-state index in [4.69, 9.17) is 0 Å². The highest BCUT2D eigenvalue weighted by Gasteiger charge is 2.32. The first-order chi connectivity index (χ1) is 19.2. The Hall–Kier alpha value is -4.65. The van der Waals surface area contributed by atoms with Crippen LogP contribution in [-0.4, -0.2) is 37.0 Å². The Bertz CT molecular complexity index is 1730. The summed E-state index contributed by atoms with van der Waals surface area (Å²) in [7, 11) is 0. The predicted molar refractivity (Wildman–Crippen MR) is 140 cm³/mol. The lowest BCUT2D eigenvalue weighted by Crippen LogP contribution is -2.29. The van der Waals surface area contributed by atoms with Gasteiger partial charge in [-0.3, -0.25) is 14.7 Å². The molecular formula is C27H20F3N7O2S. The van der Waals surface area contributed by atoms with Crippen molar-refractivity contribution in [2.45, 2.75) is 31.6 Å². The monoisotopic (exact) mass is 563 g/mol. The lowest BCUT2D eigenvalue weighted by atomic mass is 10.0. The van der Waals surface area contributed by atoms with Gasteiger partial charge in [0.2, 0.25) is 0 Å². The molecule has 13 heteroatoms. The minimum absolute atomic E-state index is 0.000213. The van der Waals surface area contributed by atoms with Crippen molar-refractivity contribution in [3.05, 3.63) is 94.1 Å². The summed E-state index contributed by atoms with van der Waals surface area (Å²) in [5, 5.41) is 12.9. The van der Waals surface area contributed by atoms with Crippen LogP contribution in [0.5, 0.6) is 0 Å². The third-order valence-electron chi connectivity index (χ3n) is 6.66. The van der Waals surface area contributed by atoms with Gasteiger partial charge in [0, 0.05) is 22.9 Å². The second kappa shape index (κ2) is 10.2. The van der Waals surface area contributed by atoms with E-state index in [-0.39, 0.29) is 24.0 Å². The number of H-pyrrole nitrogens is 1. The van der Waals surface area contributed by atoms with Gasteiger partial charge in [-0.2, -0.15) is 18.3 Å². The van der Waals surface area contributed by atoms with Gasteiger partial charge in [-0.05, 0) is 53.1 Å². The van der Waals surface area contributed by atoms with Crippen LogP contribution in [0.3, 0.4) is 0 Å². The van der Waals surface area contributed by atoms with Crippen molar-refractivity contribution >= 4 is 33.2 Å². The summed E-state index contributed by atoms with van der Waals surface area (Å²) >= 11 is 0.653. The standard InChI is InChI=1S/C27H20F3N7O2S/c28-27(29,30)23-9-16-2-1-14(7-22(16)40-23)11-31-25(38)20-10-21(33-12-32-20)26(39)36-19-6-4-15-8-17(3-5-18(15)19)24-34-13-35-37-24/h1-3,5,7-10,12-13,19H,4,6,11H2,(H,31,38)(H,36,39)(H,34,35,37)/t19-/m0/s1. The van der Waals surface area contributed by atoms with Crippen molar-refractivity contribution in [1.82, 2.24) is 35.8 Å². The zero-order valence-corrected chi connectivity index (χ0v) is 21.4. The van der Waals surface area contributed by atoms with Gasteiger partial charge in [0.25, 0.3) is 11.8 Å². The molecule has 3 aromatic heterocycles. The summed E-state index contributed by atoms with van der Waals surface area (Å²) in [6.45, 7) is 0.0778. The molecule has 2 amide bonds. The van der Waals surface area contributed by atoms with Crippen molar-refractivity contribution in [3.8, 4) is 11.4 Å². The van der Waals surface area contributed by atoms with E-state index in [1.54, 1.807) is 18.2 Å². The average Bonchev–Trinajstić information content (AvgIpc) is 3.71. The van der Waals surface area contributed by atoms with E-state index < -0.39 is 22.9 Å². The van der Waals surface area contributed by atoms with E-state index in [0.717, 1.165) is 41.9 Å². The van der Waals surface area contributed by atoms with Gasteiger partial charge in [0.05, 0.1) is 6.04 Å². The van der Waals surface area contributed by atoms with Crippen LogP contribution < -0.4 is 10.6 Å². The zero-order chi connectivity index (χ0) is 27.9. The number of nitrogens with zero attached hydrogens (tertiary/aromatic N) is 4. The summed E-state index contributed by atoms with van der Waals surface area (Å²) < 4.78 is 39.5. The number of aryl methyl sites for hydroxylation is 1. The molecule has 1 aliphatic carbocycles. The normalized spacial score (nSPS) is 14.7. The number of benzene rings is 2. The molecule has 5 aromatic rings. The van der Waals surface area contributed by atoms with Gasteiger partial charge in [-0.15, -0.1) is 11.3 Å². The number of hydrogen-bond acceptors (Lipinski definition) is 7. The number of nitrogens with one attached hydrogen (secondary N) is 3. The molecule has 0 saturated heterocycles. The molecule has 0 saturated carbocycles. The van der Waals surface area contributed by atoms with Crippen LogP contribution in [0.4, 0.5) is 13.2 Å². The van der Waals surface area contributed by atoms with Gasteiger partial charge in [-0.25, -0.2) is 15.0 Å². The molecular weight excluding hydrogens is 543 g/mol. The lowest BCUT2D eigenvalue weighted by molar-refractivity contribution is -0.134. The quantitative estimate of drug-likeness (QED) is 0.272. The molecule has 0 bridgehead atoms. The van der Waals surface area contributed by atoms with Crippen LogP contribution in [-0.2, 0) is 19.1 Å². The highest BCUT2D eigenvalue weighted by atomic mass is 32.1. The number of carbonyl (C=O) groups is 2. The fourth-order valence-corrected chi connectivity index (χ4v) is 5.69. The molecule has 9 nitrogen and oxygen atoms in total. The maximum absolute atomic E-state index is 13.0. The van der Waals surface area contributed by atoms with Crippen molar-refractivity contribution in [2.75, 3.05) is 0 Å². The molecule has 0 fully saturated rings. The molecule has 202 valence electrons. The van der Waals surface area contributed by atoms with E-state index in [2.05, 4.69) is 35.8 Å². The maximum atomic E-state index is 13.0. The smallest absolute Gasteiger partial charge is 0.347 e. The van der Waals surface area contributed by atoms with E-state index >= 15 is 0 Å². The maximum Gasteiger partial charge on any atom is 0.425 e. The van der Waals surface area contributed by atoms with Crippen LogP contribution in [0.15, 0.2) is 61.2 Å². The molecule has 3 N–H and O–H groups in total. The van der Waals surface area contributed by atoms with Crippen LogP contribution in [0.1, 0.15) is 55.0 Å². The second-order valence-electron chi connectivity index (χ2n) is 9.26. The molecule has 40 heavy (non-hydrogen) atoms. The number of aromatic amines is 1. The fraction of sp³-hybridized carbons (Fsp3) is 0.185. The Labute approximate surface area is 228 Å². The minimum Gasteiger partial charge on any atom is -0.347 e. The largest absolute Gasteiger partial charge is 0.425 e. The number of amides is 2. The lowest BCUT2D eigenvalue weighted by Gasteiger charge is -2.14. The highest BCUT2D eigenvalue weighted by Crippen LogP contribution is 2.38. The molecule has 3 heterocycles. The Balaban J connectivity index is 1.10. The number of hydrogen-bond donors (Lipinski definition) is 3. The van der Waals surface area contributed by atoms with Crippen molar-refractivity contribution in [3.63, 3.8) is 0 Å². The first-order valence-corrected chi connectivity index (χ1v) is 13.1. The first-order valence-electron chi connectivity index (χ1n) is 12.2. The van der Waals surface area contributed by atoms with Crippen molar-refractivity contribution < 1.29 is 22.8 Å². The number of fused-ring (bicyclic) bond motifs is 2. The third-order valence-corrected chi connectivity index (χ3v) is 7.81. The molecule has 0 unspecified atom stereocenters. The van der Waals surface area contributed by atoms with E-state index in [1.165, 1.54) is 12.4 Å². The zero-order valence-electron chi connectivity index (χ0n) is 20.6. The number of rotatable bonds is 6. The van der Waals surface area contributed by atoms with E-state index in [1.807, 2.05) is 18.2 Å². The predicted octanol–water partition coefficient (Wildman–Crippen LogP) is 4.84. The van der Waals surface area contributed by atoms with Crippen LogP contribution in [0, 0.1) is 0 Å².